The van der Waals surface area contributed by atoms with Crippen molar-refractivity contribution >= 4 is 46.8 Å². The van der Waals surface area contributed by atoms with E-state index in [4.69, 9.17) is 11.6 Å². The van der Waals surface area contributed by atoms with Crippen LogP contribution in [0.15, 0.2) is 24.3 Å². The summed E-state index contributed by atoms with van der Waals surface area (Å²) in [5, 5.41) is 10.6. The van der Waals surface area contributed by atoms with Crippen LogP contribution in [0.4, 0.5) is 5.69 Å². The van der Waals surface area contributed by atoms with Crippen LogP contribution in [0.3, 0.4) is 0 Å². The largest absolute Gasteiger partial charge is 0.269 e. The Kier molecular flexibility index (Phi) is 4.68. The van der Waals surface area contributed by atoms with Crippen LogP contribution in [0, 0.1) is 10.1 Å². The molecule has 0 aliphatic rings. The van der Waals surface area contributed by atoms with Gasteiger partial charge in [0, 0.05) is 46.7 Å². The fraction of sp³-hybridized carbons (Fsp3) is 0. The molecular weight excluding hydrogens is 177 g/mol. The molecule has 53 valence electrons. The van der Waals surface area contributed by atoms with Crippen LogP contribution < -0.4 is 0 Å². The molecule has 0 spiro atoms. The van der Waals surface area contributed by atoms with E-state index < -0.39 is 4.92 Å². The smallest absolute Gasteiger partial charge is 0.258 e. The van der Waals surface area contributed by atoms with Crippen LogP contribution in [0.25, 0.3) is 0 Å². The number of hydrogen-bond acceptors (Lipinski definition) is 2. The second-order valence-electron chi connectivity index (χ2n) is 1.73. The van der Waals surface area contributed by atoms with Crippen molar-refractivity contribution in [1.29, 1.82) is 0 Å². The Morgan fingerprint density at radius 1 is 1.27 bits per heavy atom. The van der Waals surface area contributed by atoms with E-state index in [9.17, 15) is 10.1 Å². The number of nitrogens with zero attached hydrogens (tertiary/aromatic N) is 1. The molecule has 0 aliphatic carbocycles. The first kappa shape index (κ1) is 10.9. The molecule has 3 nitrogen and oxygen atoms in total. The third-order valence-corrected chi connectivity index (χ3v) is 1.29. The van der Waals surface area contributed by atoms with Gasteiger partial charge in [0.1, 0.15) is 0 Å². The minimum atomic E-state index is -0.462. The van der Waals surface area contributed by atoms with Crippen LogP contribution in [0.2, 0.25) is 5.02 Å². The molecule has 0 N–H and O–H groups in total. The number of benzene rings is 1. The van der Waals surface area contributed by atoms with Gasteiger partial charge in [-0.2, -0.15) is 0 Å². The standard InChI is InChI=1S/C6H4ClNO2.Na/c7-5-1-3-6(4-2-5)8(9)10;/h1-4H;. The average molecular weight is 181 g/mol. The van der Waals surface area contributed by atoms with E-state index >= 15 is 0 Å². The van der Waals surface area contributed by atoms with Gasteiger partial charge >= 0.3 is 0 Å². The third kappa shape index (κ3) is 3.20. The van der Waals surface area contributed by atoms with E-state index in [2.05, 4.69) is 0 Å². The zero-order valence-corrected chi connectivity index (χ0v) is 8.71. The van der Waals surface area contributed by atoms with Gasteiger partial charge in [0.05, 0.1) is 4.92 Å². The molecule has 0 amide bonds. The van der Waals surface area contributed by atoms with Crippen molar-refractivity contribution in [2.24, 2.45) is 0 Å². The van der Waals surface area contributed by atoms with Gasteiger partial charge in [-0.3, -0.25) is 10.1 Å². The third-order valence-electron chi connectivity index (χ3n) is 1.04. The van der Waals surface area contributed by atoms with Crippen molar-refractivity contribution < 1.29 is 4.92 Å². The van der Waals surface area contributed by atoms with Crippen LogP contribution in [-0.4, -0.2) is 34.5 Å². The molecule has 0 aliphatic heterocycles. The summed E-state index contributed by atoms with van der Waals surface area (Å²) >= 11 is 5.49. The van der Waals surface area contributed by atoms with Gasteiger partial charge in [-0.05, 0) is 12.1 Å². The minimum absolute atomic E-state index is 0. The van der Waals surface area contributed by atoms with Gasteiger partial charge in [0.15, 0.2) is 0 Å². The average Bonchev–Trinajstić information content (AvgIpc) is 1.88. The van der Waals surface area contributed by atoms with Crippen LogP contribution in [0.1, 0.15) is 0 Å². The molecule has 0 unspecified atom stereocenters. The molecule has 1 radical (unpaired) electrons. The van der Waals surface area contributed by atoms with E-state index in [1.165, 1.54) is 24.3 Å². The molecule has 0 saturated heterocycles. The summed E-state index contributed by atoms with van der Waals surface area (Å²) in [5.41, 5.74) is 0.0596. The Balaban J connectivity index is 0.000001000. The Bertz CT molecular complexity index is 249. The number of halogens is 1. The molecule has 0 saturated carbocycles. The normalized spacial score (nSPS) is 8.45. The first-order valence-corrected chi connectivity index (χ1v) is 2.98. The molecule has 0 fully saturated rings. The zero-order valence-electron chi connectivity index (χ0n) is 5.95. The van der Waals surface area contributed by atoms with Gasteiger partial charge in [0.2, 0.25) is 0 Å². The summed E-state index contributed by atoms with van der Waals surface area (Å²) < 4.78 is 0. The Morgan fingerprint density at radius 3 is 2.09 bits per heavy atom. The maximum atomic E-state index is 10.1. The maximum Gasteiger partial charge on any atom is 0.269 e. The van der Waals surface area contributed by atoms with Gasteiger partial charge in [-0.25, -0.2) is 0 Å². The molecule has 1 aromatic carbocycles. The predicted octanol–water partition coefficient (Wildman–Crippen LogP) is 1.87. The molecule has 1 rings (SSSR count). The quantitative estimate of drug-likeness (QED) is 0.376. The van der Waals surface area contributed by atoms with Gasteiger partial charge < -0.3 is 0 Å². The summed E-state index contributed by atoms with van der Waals surface area (Å²) in [4.78, 5) is 9.61. The van der Waals surface area contributed by atoms with E-state index in [0.29, 0.717) is 5.02 Å². The molecule has 5 heteroatoms. The van der Waals surface area contributed by atoms with E-state index in [1.807, 2.05) is 0 Å². The molecule has 11 heavy (non-hydrogen) atoms. The van der Waals surface area contributed by atoms with Crippen LogP contribution in [0.5, 0.6) is 0 Å². The molecule has 0 heterocycles. The summed E-state index contributed by atoms with van der Waals surface area (Å²) in [6.07, 6.45) is 0. The van der Waals surface area contributed by atoms with Crippen molar-refractivity contribution in [3.8, 4) is 0 Å². The van der Waals surface area contributed by atoms with E-state index in [-0.39, 0.29) is 35.2 Å². The molecular formula is C6H4ClNNaO2. The van der Waals surface area contributed by atoms with Gasteiger partial charge in [0.25, 0.3) is 5.69 Å². The SMILES string of the molecule is O=[N+]([O-])c1ccc(Cl)cc1.[Na]. The van der Waals surface area contributed by atoms with Crippen molar-refractivity contribution in [3.63, 3.8) is 0 Å². The van der Waals surface area contributed by atoms with Crippen molar-refractivity contribution in [2.75, 3.05) is 0 Å². The number of non-ortho nitro benzene ring substituents is 1. The number of nitro benzene ring substituents is 1. The predicted molar refractivity (Wildman–Crippen MR) is 43.9 cm³/mol. The molecule has 0 atom stereocenters. The number of nitro groups is 1. The Morgan fingerprint density at radius 2 is 1.73 bits per heavy atom. The van der Waals surface area contributed by atoms with Crippen LogP contribution in [-0.2, 0) is 0 Å². The number of hydrogen-bond donors (Lipinski definition) is 0. The van der Waals surface area contributed by atoms with Crippen molar-refractivity contribution in [3.05, 3.63) is 39.4 Å². The van der Waals surface area contributed by atoms with Crippen molar-refractivity contribution in [1.82, 2.24) is 0 Å². The molecule has 0 aromatic heterocycles. The molecule has 1 aromatic rings. The first-order valence-electron chi connectivity index (χ1n) is 2.60. The minimum Gasteiger partial charge on any atom is -0.258 e. The number of rotatable bonds is 1. The second kappa shape index (κ2) is 4.72. The topological polar surface area (TPSA) is 43.1 Å². The van der Waals surface area contributed by atoms with E-state index in [0.717, 1.165) is 0 Å². The zero-order chi connectivity index (χ0) is 7.56. The second-order valence-corrected chi connectivity index (χ2v) is 2.17. The summed E-state index contributed by atoms with van der Waals surface area (Å²) in [6.45, 7) is 0. The monoisotopic (exact) mass is 180 g/mol. The Labute approximate surface area is 90.8 Å². The molecule has 0 bridgehead atoms. The summed E-state index contributed by atoms with van der Waals surface area (Å²) in [6, 6.07) is 5.70. The van der Waals surface area contributed by atoms with Crippen LogP contribution >= 0.6 is 11.6 Å². The van der Waals surface area contributed by atoms with Gasteiger partial charge in [-0.1, -0.05) is 11.6 Å². The summed E-state index contributed by atoms with van der Waals surface area (Å²) in [5.74, 6) is 0. The van der Waals surface area contributed by atoms with Crippen molar-refractivity contribution in [2.45, 2.75) is 0 Å². The fourth-order valence-corrected chi connectivity index (χ4v) is 0.689. The Hall–Kier alpha value is -0.0900. The van der Waals surface area contributed by atoms with E-state index in [1.54, 1.807) is 0 Å². The van der Waals surface area contributed by atoms with Gasteiger partial charge in [-0.15, -0.1) is 0 Å². The fourth-order valence-electron chi connectivity index (χ4n) is 0.563. The summed E-state index contributed by atoms with van der Waals surface area (Å²) in [7, 11) is 0. The maximum absolute atomic E-state index is 10.1. The first-order chi connectivity index (χ1) is 4.70.